The topological polar surface area (TPSA) is 83.9 Å². The van der Waals surface area contributed by atoms with E-state index in [-0.39, 0.29) is 18.3 Å². The van der Waals surface area contributed by atoms with Crippen molar-refractivity contribution in [3.05, 3.63) is 65.7 Å². The van der Waals surface area contributed by atoms with Crippen molar-refractivity contribution >= 4 is 15.8 Å². The number of nitrogens with zero attached hydrogens (tertiary/aromatic N) is 1. The molecule has 2 heterocycles. The molecule has 29 heavy (non-hydrogen) atoms. The van der Waals surface area contributed by atoms with Crippen LogP contribution in [0.3, 0.4) is 0 Å². The molecule has 2 aliphatic rings. The van der Waals surface area contributed by atoms with E-state index in [4.69, 9.17) is 4.74 Å². The van der Waals surface area contributed by atoms with Crippen LogP contribution in [0.15, 0.2) is 59.5 Å². The molecule has 0 radical (unpaired) electrons. The summed E-state index contributed by atoms with van der Waals surface area (Å²) in [6, 6.07) is 16.0. The monoisotopic (exact) mass is 415 g/mol. The van der Waals surface area contributed by atoms with E-state index in [2.05, 4.69) is 4.90 Å². The molecule has 1 N–H and O–H groups in total. The molecule has 0 unspecified atom stereocenters. The fourth-order valence-electron chi connectivity index (χ4n) is 4.52. The molecule has 2 aliphatic heterocycles. The second-order valence-electron chi connectivity index (χ2n) is 8.01. The van der Waals surface area contributed by atoms with E-state index in [1.807, 2.05) is 24.3 Å². The summed E-state index contributed by atoms with van der Waals surface area (Å²) < 4.78 is 31.2. The Morgan fingerprint density at radius 3 is 2.48 bits per heavy atom. The number of hydrogen-bond donors (Lipinski definition) is 1. The third-order valence-electron chi connectivity index (χ3n) is 6.12. The van der Waals surface area contributed by atoms with Crippen LogP contribution in [0, 0.1) is 11.3 Å². The number of carboxylic acids is 1. The van der Waals surface area contributed by atoms with Gasteiger partial charge < -0.3 is 9.84 Å². The van der Waals surface area contributed by atoms with Crippen LogP contribution in [-0.2, 0) is 31.7 Å². The van der Waals surface area contributed by atoms with E-state index in [9.17, 15) is 18.3 Å². The van der Waals surface area contributed by atoms with E-state index in [1.165, 1.54) is 0 Å². The van der Waals surface area contributed by atoms with Gasteiger partial charge in [0.05, 0.1) is 17.3 Å². The molecule has 0 saturated carbocycles. The number of rotatable bonds is 6. The summed E-state index contributed by atoms with van der Waals surface area (Å²) in [5, 5.41) is 9.83. The maximum atomic E-state index is 12.8. The van der Waals surface area contributed by atoms with Crippen LogP contribution in [0.25, 0.3) is 0 Å². The van der Waals surface area contributed by atoms with Gasteiger partial charge in [-0.25, -0.2) is 8.42 Å². The highest BCUT2D eigenvalue weighted by atomic mass is 32.2. The highest BCUT2D eigenvalue weighted by Crippen LogP contribution is 2.42. The molecule has 2 saturated heterocycles. The van der Waals surface area contributed by atoms with E-state index in [0.29, 0.717) is 31.1 Å². The van der Waals surface area contributed by atoms with Crippen LogP contribution in [0.4, 0.5) is 0 Å². The Kier molecular flexibility index (Phi) is 5.46. The highest BCUT2D eigenvalue weighted by Gasteiger charge is 2.54. The number of likely N-dealkylation sites (tertiary alicyclic amines) is 1. The average Bonchev–Trinajstić information content (AvgIpc) is 3.09. The summed E-state index contributed by atoms with van der Waals surface area (Å²) in [5.41, 5.74) is 0.822. The van der Waals surface area contributed by atoms with Crippen LogP contribution in [0.1, 0.15) is 17.5 Å². The lowest BCUT2D eigenvalue weighted by Gasteiger charge is -2.34. The number of benzene rings is 2. The SMILES string of the molecule is O=C(O)[C@]12COCC[C@H]1CN(Cc1ccccc1CS(=O)(=O)c1ccccc1)C2. The van der Waals surface area contributed by atoms with E-state index in [0.717, 1.165) is 17.5 Å². The van der Waals surface area contributed by atoms with E-state index in [1.54, 1.807) is 30.3 Å². The highest BCUT2D eigenvalue weighted by molar-refractivity contribution is 7.90. The van der Waals surface area contributed by atoms with Crippen molar-refractivity contribution in [3.8, 4) is 0 Å². The first-order valence-corrected chi connectivity index (χ1v) is 11.4. The number of aliphatic carboxylic acids is 1. The summed E-state index contributed by atoms with van der Waals surface area (Å²) in [6.45, 7) is 2.49. The van der Waals surface area contributed by atoms with Crippen molar-refractivity contribution in [3.63, 3.8) is 0 Å². The number of hydrogen-bond acceptors (Lipinski definition) is 5. The molecule has 2 atom stereocenters. The van der Waals surface area contributed by atoms with Gasteiger partial charge in [0.1, 0.15) is 5.41 Å². The number of fused-ring (bicyclic) bond motifs is 1. The van der Waals surface area contributed by atoms with Crippen molar-refractivity contribution < 1.29 is 23.1 Å². The Labute approximate surface area is 171 Å². The van der Waals surface area contributed by atoms with Crippen molar-refractivity contribution in [2.75, 3.05) is 26.3 Å². The average molecular weight is 416 g/mol. The van der Waals surface area contributed by atoms with Gasteiger partial charge in [0, 0.05) is 26.2 Å². The van der Waals surface area contributed by atoms with Gasteiger partial charge in [-0.15, -0.1) is 0 Å². The molecule has 2 aromatic carbocycles. The fourth-order valence-corrected chi connectivity index (χ4v) is 5.95. The van der Waals surface area contributed by atoms with Gasteiger partial charge in [-0.2, -0.15) is 0 Å². The van der Waals surface area contributed by atoms with Crippen LogP contribution in [0.5, 0.6) is 0 Å². The second kappa shape index (κ2) is 7.89. The van der Waals surface area contributed by atoms with Gasteiger partial charge in [-0.1, -0.05) is 42.5 Å². The Morgan fingerprint density at radius 1 is 1.10 bits per heavy atom. The van der Waals surface area contributed by atoms with Crippen molar-refractivity contribution in [2.24, 2.45) is 11.3 Å². The lowest BCUT2D eigenvalue weighted by Crippen LogP contribution is -2.46. The van der Waals surface area contributed by atoms with Crippen LogP contribution in [0.2, 0.25) is 0 Å². The molecule has 6 nitrogen and oxygen atoms in total. The zero-order chi connectivity index (χ0) is 20.5. The molecule has 2 aromatic rings. The number of carbonyl (C=O) groups is 1. The van der Waals surface area contributed by atoms with Gasteiger partial charge in [0.2, 0.25) is 0 Å². The first kappa shape index (κ1) is 20.1. The predicted octanol–water partition coefficient (Wildman–Crippen LogP) is 2.58. The number of carboxylic acid groups (broad SMARTS) is 1. The minimum absolute atomic E-state index is 0.0639. The van der Waals surface area contributed by atoms with E-state index >= 15 is 0 Å². The Bertz CT molecular complexity index is 991. The third-order valence-corrected chi connectivity index (χ3v) is 7.80. The molecule has 0 spiro atoms. The molecule has 0 aliphatic carbocycles. The molecule has 2 fully saturated rings. The van der Waals surface area contributed by atoms with E-state index < -0.39 is 21.2 Å². The summed E-state index contributed by atoms with van der Waals surface area (Å²) in [5.74, 6) is -0.809. The molecule has 7 heteroatoms. The summed E-state index contributed by atoms with van der Waals surface area (Å²) in [7, 11) is -3.45. The third kappa shape index (κ3) is 3.95. The van der Waals surface area contributed by atoms with Gasteiger partial charge in [-0.3, -0.25) is 9.69 Å². The molecule has 0 bridgehead atoms. The summed E-state index contributed by atoms with van der Waals surface area (Å²) in [4.78, 5) is 14.4. The minimum atomic E-state index is -3.45. The lowest BCUT2D eigenvalue weighted by atomic mass is 9.76. The molecular formula is C22H25NO5S. The van der Waals surface area contributed by atoms with Gasteiger partial charge in [0.25, 0.3) is 0 Å². The standard InChI is InChI=1S/C22H25NO5S/c24-21(25)22-15-23(13-19(22)10-11-28-16-22)12-17-6-4-5-7-18(17)14-29(26,27)20-8-2-1-3-9-20/h1-9,19H,10-16H2,(H,24,25)/t19-,22+/m0/s1. The fraction of sp³-hybridized carbons (Fsp3) is 0.409. The predicted molar refractivity (Wildman–Crippen MR) is 108 cm³/mol. The largest absolute Gasteiger partial charge is 0.481 e. The maximum absolute atomic E-state index is 12.8. The number of ether oxygens (including phenoxy) is 1. The van der Waals surface area contributed by atoms with Gasteiger partial charge in [-0.05, 0) is 35.6 Å². The zero-order valence-corrected chi connectivity index (χ0v) is 17.0. The Balaban J connectivity index is 1.55. The first-order chi connectivity index (χ1) is 13.9. The molecule has 0 aromatic heterocycles. The van der Waals surface area contributed by atoms with Crippen LogP contribution < -0.4 is 0 Å². The van der Waals surface area contributed by atoms with Gasteiger partial charge in [0.15, 0.2) is 9.84 Å². The summed E-state index contributed by atoms with van der Waals surface area (Å²) in [6.07, 6.45) is 0.743. The first-order valence-electron chi connectivity index (χ1n) is 9.79. The minimum Gasteiger partial charge on any atom is -0.481 e. The van der Waals surface area contributed by atoms with Crippen LogP contribution >= 0.6 is 0 Å². The quantitative estimate of drug-likeness (QED) is 0.781. The lowest BCUT2D eigenvalue weighted by molar-refractivity contribution is -0.159. The van der Waals surface area contributed by atoms with Crippen molar-refractivity contribution in [2.45, 2.75) is 23.6 Å². The maximum Gasteiger partial charge on any atom is 0.313 e. The Morgan fingerprint density at radius 2 is 1.79 bits per heavy atom. The molecule has 0 amide bonds. The molecule has 154 valence electrons. The van der Waals surface area contributed by atoms with Crippen molar-refractivity contribution in [1.29, 1.82) is 0 Å². The molecule has 4 rings (SSSR count). The zero-order valence-electron chi connectivity index (χ0n) is 16.2. The second-order valence-corrected chi connectivity index (χ2v) is 10.00. The molecular weight excluding hydrogens is 390 g/mol. The normalized spacial score (nSPS) is 24.9. The number of sulfone groups is 1. The van der Waals surface area contributed by atoms with Gasteiger partial charge >= 0.3 is 5.97 Å². The van der Waals surface area contributed by atoms with Crippen molar-refractivity contribution in [1.82, 2.24) is 4.90 Å². The Hall–Kier alpha value is -2.22. The summed E-state index contributed by atoms with van der Waals surface area (Å²) >= 11 is 0. The van der Waals surface area contributed by atoms with Crippen LogP contribution in [-0.4, -0.2) is 50.7 Å². The smallest absolute Gasteiger partial charge is 0.313 e.